The van der Waals surface area contributed by atoms with Gasteiger partial charge in [0.1, 0.15) is 11.4 Å². The zero-order chi connectivity index (χ0) is 16.8. The fourth-order valence-corrected chi connectivity index (χ4v) is 2.57. The van der Waals surface area contributed by atoms with Crippen molar-refractivity contribution < 1.29 is 19.4 Å². The average molecular weight is 337 g/mol. The van der Waals surface area contributed by atoms with Crippen LogP contribution in [0.4, 0.5) is 0 Å². The molecule has 0 saturated carbocycles. The van der Waals surface area contributed by atoms with Crippen LogP contribution < -0.4 is 10.9 Å². The van der Waals surface area contributed by atoms with Crippen molar-refractivity contribution in [1.29, 1.82) is 0 Å². The van der Waals surface area contributed by atoms with E-state index in [4.69, 9.17) is 9.84 Å². The summed E-state index contributed by atoms with van der Waals surface area (Å²) in [6, 6.07) is 0.434. The first kappa shape index (κ1) is 16.8. The third-order valence-electron chi connectivity index (χ3n) is 2.92. The molecule has 122 valence electrons. The number of carbonyl (C=O) groups is 2. The van der Waals surface area contributed by atoms with Crippen LogP contribution in [0.25, 0.3) is 10.2 Å². The van der Waals surface area contributed by atoms with Gasteiger partial charge in [0.2, 0.25) is 5.91 Å². The van der Waals surface area contributed by atoms with E-state index in [1.54, 1.807) is 11.4 Å². The maximum absolute atomic E-state index is 12.2. The van der Waals surface area contributed by atoms with E-state index in [0.717, 1.165) is 4.57 Å². The van der Waals surface area contributed by atoms with Crippen molar-refractivity contribution in [3.63, 3.8) is 0 Å². The second-order valence-electron chi connectivity index (χ2n) is 4.60. The fourth-order valence-electron chi connectivity index (χ4n) is 1.84. The number of thiophene rings is 1. The molecule has 2 aromatic rings. The zero-order valence-corrected chi connectivity index (χ0v) is 12.9. The number of aliphatic carboxylic acids is 1. The summed E-state index contributed by atoms with van der Waals surface area (Å²) in [5.74, 6) is -1.83. The summed E-state index contributed by atoms with van der Waals surface area (Å²) < 4.78 is 6.17. The maximum Gasteiger partial charge on any atom is 0.328 e. The van der Waals surface area contributed by atoms with Gasteiger partial charge in [-0.05, 0) is 11.4 Å². The standard InChI is InChI=1S/C14H15N3O5S/c1-2-4-22-7-10(14(20)21)16-11(18)6-17-8-15-12-9(13(17)19)3-5-23-12/h2-3,5,8,10H,1,4,6-7H2,(H,16,18)(H,20,21). The van der Waals surface area contributed by atoms with Crippen molar-refractivity contribution in [2.75, 3.05) is 13.2 Å². The largest absolute Gasteiger partial charge is 0.480 e. The van der Waals surface area contributed by atoms with Gasteiger partial charge in [0.05, 0.1) is 24.9 Å². The number of carboxylic acid groups (broad SMARTS) is 1. The minimum atomic E-state index is -1.22. The van der Waals surface area contributed by atoms with E-state index in [0.29, 0.717) is 10.2 Å². The molecule has 2 heterocycles. The number of carbonyl (C=O) groups excluding carboxylic acids is 1. The molecule has 0 aliphatic carbocycles. The predicted molar refractivity (Wildman–Crippen MR) is 84.5 cm³/mol. The van der Waals surface area contributed by atoms with E-state index in [2.05, 4.69) is 16.9 Å². The molecule has 0 bridgehead atoms. The number of fused-ring (bicyclic) bond motifs is 1. The van der Waals surface area contributed by atoms with Crippen LogP contribution in [0.3, 0.4) is 0 Å². The van der Waals surface area contributed by atoms with Gasteiger partial charge >= 0.3 is 5.97 Å². The molecule has 2 aromatic heterocycles. The summed E-state index contributed by atoms with van der Waals surface area (Å²) in [5, 5.41) is 13.5. The van der Waals surface area contributed by atoms with Crippen LogP contribution >= 0.6 is 11.3 Å². The molecule has 2 rings (SSSR count). The Labute approximate surface area is 135 Å². The highest BCUT2D eigenvalue weighted by Gasteiger charge is 2.20. The molecule has 8 nitrogen and oxygen atoms in total. The highest BCUT2D eigenvalue weighted by molar-refractivity contribution is 7.16. The van der Waals surface area contributed by atoms with E-state index in [-0.39, 0.29) is 25.3 Å². The number of nitrogens with one attached hydrogen (secondary N) is 1. The molecule has 0 aromatic carbocycles. The fraction of sp³-hybridized carbons (Fsp3) is 0.286. The molecule has 0 aliphatic heterocycles. The first-order chi connectivity index (χ1) is 11.0. The van der Waals surface area contributed by atoms with Crippen molar-refractivity contribution >= 4 is 33.4 Å². The van der Waals surface area contributed by atoms with Crippen LogP contribution in [-0.4, -0.2) is 45.8 Å². The predicted octanol–water partition coefficient (Wildman–Crippen LogP) is 0.230. The third kappa shape index (κ3) is 4.24. The van der Waals surface area contributed by atoms with Crippen LogP contribution in [-0.2, 0) is 20.9 Å². The van der Waals surface area contributed by atoms with Gasteiger partial charge in [-0.15, -0.1) is 17.9 Å². The molecule has 0 fully saturated rings. The minimum Gasteiger partial charge on any atom is -0.480 e. The number of carboxylic acids is 1. The van der Waals surface area contributed by atoms with Gasteiger partial charge in [0.25, 0.3) is 5.56 Å². The van der Waals surface area contributed by atoms with Crippen LogP contribution in [0.15, 0.2) is 35.2 Å². The van der Waals surface area contributed by atoms with Crippen LogP contribution in [0.1, 0.15) is 0 Å². The summed E-state index contributed by atoms with van der Waals surface area (Å²) >= 11 is 1.33. The number of nitrogens with zero attached hydrogens (tertiary/aromatic N) is 2. The molecule has 0 spiro atoms. The summed E-state index contributed by atoms with van der Waals surface area (Å²) in [4.78, 5) is 39.9. The van der Waals surface area contributed by atoms with Crippen molar-refractivity contribution in [2.45, 2.75) is 12.6 Å². The molecule has 0 aliphatic rings. The summed E-state index contributed by atoms with van der Waals surface area (Å²) in [6.07, 6.45) is 2.74. The summed E-state index contributed by atoms with van der Waals surface area (Å²) in [6.45, 7) is 3.12. The smallest absolute Gasteiger partial charge is 0.328 e. The second-order valence-corrected chi connectivity index (χ2v) is 5.50. The van der Waals surface area contributed by atoms with Gasteiger partial charge in [-0.3, -0.25) is 14.2 Å². The van der Waals surface area contributed by atoms with Gasteiger partial charge < -0.3 is 15.2 Å². The molecular formula is C14H15N3O5S. The SMILES string of the molecule is C=CCOCC(NC(=O)Cn1cnc2sccc2c1=O)C(=O)O. The molecule has 1 unspecified atom stereocenters. The highest BCUT2D eigenvalue weighted by Crippen LogP contribution is 2.13. The number of rotatable bonds is 8. The first-order valence-corrected chi connectivity index (χ1v) is 7.54. The molecule has 23 heavy (non-hydrogen) atoms. The second kappa shape index (κ2) is 7.65. The van der Waals surface area contributed by atoms with Gasteiger partial charge in [-0.25, -0.2) is 9.78 Å². The zero-order valence-electron chi connectivity index (χ0n) is 12.1. The Morgan fingerprint density at radius 3 is 3.04 bits per heavy atom. The van der Waals surface area contributed by atoms with E-state index in [1.807, 2.05) is 0 Å². The highest BCUT2D eigenvalue weighted by atomic mass is 32.1. The van der Waals surface area contributed by atoms with Crippen LogP contribution in [0, 0.1) is 0 Å². The van der Waals surface area contributed by atoms with E-state index in [1.165, 1.54) is 23.7 Å². The van der Waals surface area contributed by atoms with E-state index < -0.39 is 17.9 Å². The Morgan fingerprint density at radius 1 is 1.57 bits per heavy atom. The average Bonchev–Trinajstić information content (AvgIpc) is 2.98. The number of aromatic nitrogens is 2. The van der Waals surface area contributed by atoms with Gasteiger partial charge in [0, 0.05) is 0 Å². The Balaban J connectivity index is 2.04. The lowest BCUT2D eigenvalue weighted by molar-refractivity contribution is -0.143. The number of amides is 1. The Hall–Kier alpha value is -2.52. The quantitative estimate of drug-likeness (QED) is 0.527. The first-order valence-electron chi connectivity index (χ1n) is 6.66. The molecule has 0 radical (unpaired) electrons. The van der Waals surface area contributed by atoms with Crippen molar-refractivity contribution in [1.82, 2.24) is 14.9 Å². The van der Waals surface area contributed by atoms with E-state index >= 15 is 0 Å². The molecule has 9 heteroatoms. The normalized spacial score (nSPS) is 12.0. The van der Waals surface area contributed by atoms with Crippen LogP contribution in [0.2, 0.25) is 0 Å². The monoisotopic (exact) mass is 337 g/mol. The van der Waals surface area contributed by atoms with Crippen molar-refractivity contribution in [3.8, 4) is 0 Å². The minimum absolute atomic E-state index is 0.178. The Bertz CT molecular complexity index is 782. The lowest BCUT2D eigenvalue weighted by atomic mass is 10.3. The van der Waals surface area contributed by atoms with Gasteiger partial charge in [0.15, 0.2) is 6.04 Å². The number of ether oxygens (including phenoxy) is 1. The molecule has 1 amide bonds. The van der Waals surface area contributed by atoms with E-state index in [9.17, 15) is 14.4 Å². The lowest BCUT2D eigenvalue weighted by Crippen LogP contribution is -2.46. The van der Waals surface area contributed by atoms with Gasteiger partial charge in [-0.2, -0.15) is 0 Å². The maximum atomic E-state index is 12.2. The summed E-state index contributed by atoms with van der Waals surface area (Å²) in [5.41, 5.74) is -0.346. The number of hydrogen-bond acceptors (Lipinski definition) is 6. The molecule has 2 N–H and O–H groups in total. The van der Waals surface area contributed by atoms with Crippen molar-refractivity contribution in [3.05, 3.63) is 40.8 Å². The Kier molecular flexibility index (Phi) is 5.61. The molecular weight excluding hydrogens is 322 g/mol. The van der Waals surface area contributed by atoms with Gasteiger partial charge in [-0.1, -0.05) is 6.08 Å². The molecule has 1 atom stereocenters. The summed E-state index contributed by atoms with van der Waals surface area (Å²) in [7, 11) is 0. The molecule has 0 saturated heterocycles. The lowest BCUT2D eigenvalue weighted by Gasteiger charge is -2.14. The Morgan fingerprint density at radius 2 is 2.35 bits per heavy atom. The van der Waals surface area contributed by atoms with Crippen LogP contribution in [0.5, 0.6) is 0 Å². The number of hydrogen-bond donors (Lipinski definition) is 2. The van der Waals surface area contributed by atoms with Crippen molar-refractivity contribution in [2.24, 2.45) is 0 Å². The topological polar surface area (TPSA) is 111 Å². The third-order valence-corrected chi connectivity index (χ3v) is 3.74.